The number of hydrogen-bond acceptors (Lipinski definition) is 8. The molecule has 0 saturated carbocycles. The van der Waals surface area contributed by atoms with Gasteiger partial charge in [0.25, 0.3) is 0 Å². The maximum Gasteiger partial charge on any atom is 0.333 e. The first-order valence-corrected chi connectivity index (χ1v) is 11.1. The van der Waals surface area contributed by atoms with E-state index in [0.717, 1.165) is 27.8 Å². The minimum atomic E-state index is -0.461. The highest BCUT2D eigenvalue weighted by atomic mass is 32.1. The van der Waals surface area contributed by atoms with Crippen LogP contribution < -0.4 is 0 Å². The van der Waals surface area contributed by atoms with Crippen LogP contribution in [0.25, 0.3) is 16.8 Å². The van der Waals surface area contributed by atoms with Crippen molar-refractivity contribution < 1.29 is 19.0 Å². The van der Waals surface area contributed by atoms with Crippen molar-refractivity contribution in [2.45, 2.75) is 33.3 Å². The minimum Gasteiger partial charge on any atom is -0.500 e. The monoisotopic (exact) mass is 436 g/mol. The van der Waals surface area contributed by atoms with Gasteiger partial charge in [0.15, 0.2) is 0 Å². The van der Waals surface area contributed by atoms with E-state index in [1.54, 1.807) is 29.8 Å². The van der Waals surface area contributed by atoms with Gasteiger partial charge in [0.05, 0.1) is 37.1 Å². The van der Waals surface area contributed by atoms with Crippen molar-refractivity contribution in [3.8, 4) is 10.7 Å². The summed E-state index contributed by atoms with van der Waals surface area (Å²) >= 11 is 3.25. The molecule has 0 amide bonds. The second-order valence-electron chi connectivity index (χ2n) is 6.92. The molecule has 2 aromatic heterocycles. The molecule has 2 aromatic rings. The molecule has 158 valence electrons. The average Bonchev–Trinajstić information content (AvgIpc) is 3.35. The Labute approximate surface area is 180 Å². The SMILES string of the molecule is COC(=O)/C=C(/OC)[C@H](C)[C@H](/C=C/c1csc(-c2csc(CC(C)C)n2)n1)OC. The highest BCUT2D eigenvalue weighted by Crippen LogP contribution is 2.27. The fourth-order valence-electron chi connectivity index (χ4n) is 2.69. The Morgan fingerprint density at radius 1 is 1.10 bits per heavy atom. The molecule has 2 atom stereocenters. The van der Waals surface area contributed by atoms with Crippen molar-refractivity contribution in [1.29, 1.82) is 0 Å². The summed E-state index contributed by atoms with van der Waals surface area (Å²) in [6.07, 6.45) is 5.86. The first kappa shape index (κ1) is 23.3. The van der Waals surface area contributed by atoms with Crippen LogP contribution in [0.1, 0.15) is 31.5 Å². The number of rotatable bonds is 10. The van der Waals surface area contributed by atoms with Gasteiger partial charge in [-0.2, -0.15) is 0 Å². The van der Waals surface area contributed by atoms with Crippen LogP contribution in [0, 0.1) is 11.8 Å². The standard InChI is InChI=1S/C21H28N2O4S2/c1-13(2)9-19-23-16(12-28-19)21-22-15(11-29-21)7-8-17(25-4)14(3)18(26-5)10-20(24)27-6/h7-8,10-14,17H,9H2,1-6H3/b8-7+,18-10+/t14-,17+/m1/s1. The van der Waals surface area contributed by atoms with Gasteiger partial charge < -0.3 is 14.2 Å². The fourth-order valence-corrected chi connectivity index (χ4v) is 4.50. The topological polar surface area (TPSA) is 70.5 Å². The maximum absolute atomic E-state index is 11.5. The van der Waals surface area contributed by atoms with Crippen molar-refractivity contribution in [3.05, 3.63) is 39.4 Å². The van der Waals surface area contributed by atoms with Gasteiger partial charge in [-0.3, -0.25) is 0 Å². The highest BCUT2D eigenvalue weighted by molar-refractivity contribution is 7.14. The Morgan fingerprint density at radius 3 is 2.48 bits per heavy atom. The molecule has 0 unspecified atom stereocenters. The summed E-state index contributed by atoms with van der Waals surface area (Å²) < 4.78 is 15.6. The molecule has 2 heterocycles. The number of methoxy groups -OCH3 is 3. The van der Waals surface area contributed by atoms with Crippen LogP contribution in [0.5, 0.6) is 0 Å². The first-order valence-electron chi connectivity index (χ1n) is 9.32. The molecule has 0 spiro atoms. The number of thiazole rings is 2. The van der Waals surface area contributed by atoms with Crippen LogP contribution in [0.2, 0.25) is 0 Å². The number of hydrogen-bond donors (Lipinski definition) is 0. The van der Waals surface area contributed by atoms with E-state index in [1.807, 2.05) is 24.5 Å². The predicted octanol–water partition coefficient (Wildman–Crippen LogP) is 4.83. The third kappa shape index (κ3) is 6.76. The molecule has 2 rings (SSSR count). The second-order valence-corrected chi connectivity index (χ2v) is 8.72. The minimum absolute atomic E-state index is 0.171. The molecule has 0 aliphatic heterocycles. The molecule has 0 aliphatic carbocycles. The molecule has 0 aromatic carbocycles. The summed E-state index contributed by atoms with van der Waals surface area (Å²) in [5.74, 6) is 0.446. The average molecular weight is 437 g/mol. The molecular weight excluding hydrogens is 408 g/mol. The molecule has 0 bridgehead atoms. The van der Waals surface area contributed by atoms with Gasteiger partial charge in [0.2, 0.25) is 0 Å². The van der Waals surface area contributed by atoms with Crippen molar-refractivity contribution in [2.75, 3.05) is 21.3 Å². The first-order chi connectivity index (χ1) is 13.9. The summed E-state index contributed by atoms with van der Waals surface area (Å²) in [6, 6.07) is 0. The molecule has 6 nitrogen and oxygen atoms in total. The Hall–Kier alpha value is -2.03. The van der Waals surface area contributed by atoms with Crippen molar-refractivity contribution in [1.82, 2.24) is 9.97 Å². The predicted molar refractivity (Wildman–Crippen MR) is 118 cm³/mol. The zero-order valence-corrected chi connectivity index (χ0v) is 19.3. The number of ether oxygens (including phenoxy) is 3. The summed E-state index contributed by atoms with van der Waals surface area (Å²) in [5.41, 5.74) is 1.77. The molecule has 0 fully saturated rings. The summed E-state index contributed by atoms with van der Waals surface area (Å²) in [4.78, 5) is 20.9. The van der Waals surface area contributed by atoms with Crippen LogP contribution >= 0.6 is 22.7 Å². The maximum atomic E-state index is 11.5. The molecule has 0 aliphatic rings. The van der Waals surface area contributed by atoms with Crippen LogP contribution in [-0.4, -0.2) is 43.4 Å². The lowest BCUT2D eigenvalue weighted by atomic mass is 10.0. The molecule has 0 radical (unpaired) electrons. The number of carbonyl (C=O) groups excluding carboxylic acids is 1. The Bertz CT molecular complexity index is 854. The lowest BCUT2D eigenvalue weighted by Crippen LogP contribution is -2.21. The molecule has 29 heavy (non-hydrogen) atoms. The Kier molecular flexibility index (Phi) is 9.00. The third-order valence-corrected chi connectivity index (χ3v) is 6.00. The van der Waals surface area contributed by atoms with Gasteiger partial charge in [-0.25, -0.2) is 14.8 Å². The van der Waals surface area contributed by atoms with Gasteiger partial charge in [0.1, 0.15) is 16.5 Å². The van der Waals surface area contributed by atoms with Crippen molar-refractivity contribution >= 4 is 34.7 Å². The van der Waals surface area contributed by atoms with E-state index in [9.17, 15) is 4.79 Å². The zero-order chi connectivity index (χ0) is 21.4. The van der Waals surface area contributed by atoms with E-state index in [4.69, 9.17) is 14.5 Å². The van der Waals surface area contributed by atoms with Crippen LogP contribution in [0.4, 0.5) is 0 Å². The van der Waals surface area contributed by atoms with E-state index in [0.29, 0.717) is 11.7 Å². The summed E-state index contributed by atoms with van der Waals surface area (Å²) in [6.45, 7) is 6.31. The van der Waals surface area contributed by atoms with Gasteiger partial charge in [-0.05, 0) is 12.0 Å². The number of carbonyl (C=O) groups is 1. The number of esters is 1. The van der Waals surface area contributed by atoms with E-state index in [1.165, 1.54) is 20.3 Å². The Morgan fingerprint density at radius 2 is 1.86 bits per heavy atom. The van der Waals surface area contributed by atoms with Crippen molar-refractivity contribution in [3.63, 3.8) is 0 Å². The molecule has 0 saturated heterocycles. The van der Waals surface area contributed by atoms with E-state index >= 15 is 0 Å². The molecule has 0 N–H and O–H groups in total. The van der Waals surface area contributed by atoms with E-state index in [-0.39, 0.29) is 12.0 Å². The molecule has 8 heteroatoms. The van der Waals surface area contributed by atoms with Gasteiger partial charge in [0, 0.05) is 30.2 Å². The fraction of sp³-hybridized carbons (Fsp3) is 0.476. The summed E-state index contributed by atoms with van der Waals surface area (Å²) in [5, 5.41) is 6.10. The van der Waals surface area contributed by atoms with Gasteiger partial charge >= 0.3 is 5.97 Å². The largest absolute Gasteiger partial charge is 0.500 e. The number of aromatic nitrogens is 2. The van der Waals surface area contributed by atoms with Crippen LogP contribution in [-0.2, 0) is 25.4 Å². The van der Waals surface area contributed by atoms with Gasteiger partial charge in [-0.15, -0.1) is 22.7 Å². The van der Waals surface area contributed by atoms with Crippen LogP contribution in [0.3, 0.4) is 0 Å². The van der Waals surface area contributed by atoms with Gasteiger partial charge in [-0.1, -0.05) is 26.8 Å². The van der Waals surface area contributed by atoms with E-state index < -0.39 is 5.97 Å². The van der Waals surface area contributed by atoms with E-state index in [2.05, 4.69) is 28.9 Å². The smallest absolute Gasteiger partial charge is 0.333 e. The summed E-state index contributed by atoms with van der Waals surface area (Å²) in [7, 11) is 4.48. The highest BCUT2D eigenvalue weighted by Gasteiger charge is 2.20. The Balaban J connectivity index is 2.11. The normalized spacial score (nSPS) is 14.4. The quantitative estimate of drug-likeness (QED) is 0.302. The van der Waals surface area contributed by atoms with Crippen LogP contribution in [0.15, 0.2) is 28.7 Å². The molecular formula is C21H28N2O4S2. The number of nitrogens with zero attached hydrogens (tertiary/aromatic N) is 2. The third-order valence-electron chi connectivity index (χ3n) is 4.24. The second kappa shape index (κ2) is 11.2. The lowest BCUT2D eigenvalue weighted by Gasteiger charge is -2.21. The van der Waals surface area contributed by atoms with Crippen molar-refractivity contribution in [2.24, 2.45) is 11.8 Å². The zero-order valence-electron chi connectivity index (χ0n) is 17.7. The lowest BCUT2D eigenvalue weighted by molar-refractivity contribution is -0.135.